The zero-order valence-corrected chi connectivity index (χ0v) is 10.3. The Kier molecular flexibility index (Phi) is 2.30. The maximum Gasteiger partial charge on any atom is 0.218 e. The Balaban J connectivity index is 2.09. The topological polar surface area (TPSA) is 50.4 Å². The van der Waals surface area contributed by atoms with Gasteiger partial charge in [0, 0.05) is 24.4 Å². The van der Waals surface area contributed by atoms with Crippen LogP contribution in [0.2, 0.25) is 0 Å². The van der Waals surface area contributed by atoms with Gasteiger partial charge in [0.05, 0.1) is 5.69 Å². The number of para-hydroxylation sites is 1. The number of hydrogen-bond donors (Lipinski definition) is 1. The zero-order valence-electron chi connectivity index (χ0n) is 10.3. The van der Waals surface area contributed by atoms with Crippen LogP contribution >= 0.6 is 0 Å². The molecule has 2 aromatic rings. The van der Waals surface area contributed by atoms with Crippen molar-refractivity contribution in [2.75, 3.05) is 0 Å². The molecule has 0 atom stereocenters. The molecule has 18 heavy (non-hydrogen) atoms. The molecule has 0 saturated heterocycles. The lowest BCUT2D eigenvalue weighted by Crippen LogP contribution is -1.89. The monoisotopic (exact) mass is 239 g/mol. The highest BCUT2D eigenvalue weighted by molar-refractivity contribution is 6.21. The number of rotatable bonds is 1. The van der Waals surface area contributed by atoms with Gasteiger partial charge in [-0.25, -0.2) is 4.98 Å². The first-order valence-corrected chi connectivity index (χ1v) is 5.74. The minimum absolute atomic E-state index is 0.179. The molecule has 90 valence electrons. The number of benzene rings is 1. The number of aromatic hydroxyl groups is 1. The van der Waals surface area contributed by atoms with Gasteiger partial charge >= 0.3 is 0 Å². The van der Waals surface area contributed by atoms with Gasteiger partial charge in [0.2, 0.25) is 5.88 Å². The van der Waals surface area contributed by atoms with Crippen LogP contribution in [-0.2, 0) is 7.05 Å². The quantitative estimate of drug-likeness (QED) is 0.831. The van der Waals surface area contributed by atoms with Gasteiger partial charge in [-0.15, -0.1) is 0 Å². The first-order chi connectivity index (χ1) is 8.66. The van der Waals surface area contributed by atoms with Crippen LogP contribution in [0.4, 0.5) is 5.69 Å². The second-order valence-electron chi connectivity index (χ2n) is 4.30. The Labute approximate surface area is 105 Å². The first kappa shape index (κ1) is 10.8. The number of hydrogen-bond acceptors (Lipinski definition) is 3. The van der Waals surface area contributed by atoms with E-state index >= 15 is 0 Å². The van der Waals surface area contributed by atoms with Gasteiger partial charge in [-0.1, -0.05) is 18.2 Å². The minimum atomic E-state index is 0.179. The largest absolute Gasteiger partial charge is 0.493 e. The number of aliphatic imine (C=N–C) groups is 1. The van der Waals surface area contributed by atoms with Crippen molar-refractivity contribution >= 4 is 23.6 Å². The number of aromatic nitrogens is 2. The molecule has 3 rings (SSSR count). The Morgan fingerprint density at radius 1 is 1.28 bits per heavy atom. The first-order valence-electron chi connectivity index (χ1n) is 5.74. The molecule has 0 amide bonds. The summed E-state index contributed by atoms with van der Waals surface area (Å²) in [7, 11) is 1.79. The summed E-state index contributed by atoms with van der Waals surface area (Å²) in [5.74, 6) is 0.959. The molecule has 0 bridgehead atoms. The molecule has 0 radical (unpaired) electrons. The van der Waals surface area contributed by atoms with Crippen molar-refractivity contribution in [2.24, 2.45) is 12.0 Å². The number of nitrogens with zero attached hydrogens (tertiary/aromatic N) is 3. The Bertz CT molecular complexity index is 680. The van der Waals surface area contributed by atoms with Crippen LogP contribution in [0.3, 0.4) is 0 Å². The molecule has 1 aromatic heterocycles. The molecule has 1 N–H and O–H groups in total. The number of fused-ring (bicyclic) bond motifs is 1. The van der Waals surface area contributed by atoms with Crippen LogP contribution < -0.4 is 0 Å². The second-order valence-corrected chi connectivity index (χ2v) is 4.30. The lowest BCUT2D eigenvalue weighted by molar-refractivity contribution is 0.429. The fourth-order valence-corrected chi connectivity index (χ4v) is 2.02. The van der Waals surface area contributed by atoms with E-state index in [-0.39, 0.29) is 5.88 Å². The van der Waals surface area contributed by atoms with Crippen molar-refractivity contribution in [2.45, 2.75) is 6.92 Å². The third-order valence-electron chi connectivity index (χ3n) is 3.16. The molecule has 0 spiro atoms. The molecule has 2 heterocycles. The van der Waals surface area contributed by atoms with Crippen molar-refractivity contribution in [3.05, 3.63) is 41.3 Å². The van der Waals surface area contributed by atoms with Gasteiger partial charge in [-0.05, 0) is 19.1 Å². The maximum absolute atomic E-state index is 9.94. The Morgan fingerprint density at radius 2 is 2.06 bits per heavy atom. The van der Waals surface area contributed by atoms with E-state index in [1.807, 2.05) is 37.3 Å². The standard InChI is InChI=1S/C14H13N3O/c1-9-16-13(14(18)17(9)2)7-10-8-15-12-6-4-3-5-11(10)12/h3-8,18H,1-2H3. The predicted molar refractivity (Wildman–Crippen MR) is 72.1 cm³/mol. The Hall–Kier alpha value is -2.36. The third-order valence-corrected chi connectivity index (χ3v) is 3.16. The molecule has 1 aliphatic rings. The van der Waals surface area contributed by atoms with Crippen LogP contribution in [0.15, 0.2) is 29.3 Å². The van der Waals surface area contributed by atoms with Crippen LogP contribution in [-0.4, -0.2) is 20.9 Å². The summed E-state index contributed by atoms with van der Waals surface area (Å²) >= 11 is 0. The molecule has 0 fully saturated rings. The van der Waals surface area contributed by atoms with E-state index in [0.717, 1.165) is 22.6 Å². The third kappa shape index (κ3) is 1.54. The van der Waals surface area contributed by atoms with Gasteiger partial charge in [0.25, 0.3) is 0 Å². The molecule has 4 nitrogen and oxygen atoms in total. The molecule has 4 heteroatoms. The highest BCUT2D eigenvalue weighted by Crippen LogP contribution is 2.33. The lowest BCUT2D eigenvalue weighted by atomic mass is 10.1. The van der Waals surface area contributed by atoms with Crippen LogP contribution in [0.25, 0.3) is 11.6 Å². The fourth-order valence-electron chi connectivity index (χ4n) is 2.02. The van der Waals surface area contributed by atoms with E-state index in [0.29, 0.717) is 5.69 Å². The van der Waals surface area contributed by atoms with Crippen molar-refractivity contribution in [3.63, 3.8) is 0 Å². The van der Waals surface area contributed by atoms with E-state index in [1.54, 1.807) is 17.8 Å². The van der Waals surface area contributed by atoms with E-state index in [1.165, 1.54) is 0 Å². The summed E-state index contributed by atoms with van der Waals surface area (Å²) in [5.41, 5.74) is 3.57. The fraction of sp³-hybridized carbons (Fsp3) is 0.143. The smallest absolute Gasteiger partial charge is 0.218 e. The average molecular weight is 239 g/mol. The van der Waals surface area contributed by atoms with Crippen LogP contribution in [0.5, 0.6) is 5.88 Å². The highest BCUT2D eigenvalue weighted by atomic mass is 16.3. The number of aryl methyl sites for hydroxylation is 1. The van der Waals surface area contributed by atoms with Crippen molar-refractivity contribution < 1.29 is 5.11 Å². The summed E-state index contributed by atoms with van der Waals surface area (Å²) in [5, 5.41) is 9.94. The van der Waals surface area contributed by atoms with Gasteiger partial charge in [0.15, 0.2) is 0 Å². The highest BCUT2D eigenvalue weighted by Gasteiger charge is 2.14. The molecular weight excluding hydrogens is 226 g/mol. The van der Waals surface area contributed by atoms with Crippen molar-refractivity contribution in [1.82, 2.24) is 9.55 Å². The van der Waals surface area contributed by atoms with Crippen molar-refractivity contribution in [3.8, 4) is 5.88 Å². The molecular formula is C14H13N3O. The SMILES string of the molecule is Cc1nc(C=C2C=Nc3ccccc32)c(O)n1C. The van der Waals surface area contributed by atoms with Crippen molar-refractivity contribution in [1.29, 1.82) is 0 Å². The molecule has 1 aliphatic heterocycles. The second kappa shape index (κ2) is 3.84. The van der Waals surface area contributed by atoms with Gasteiger partial charge in [-0.3, -0.25) is 4.99 Å². The number of allylic oxidation sites excluding steroid dienone is 1. The summed E-state index contributed by atoms with van der Waals surface area (Å²) in [6.07, 6.45) is 3.66. The predicted octanol–water partition coefficient (Wildman–Crippen LogP) is 2.69. The summed E-state index contributed by atoms with van der Waals surface area (Å²) in [4.78, 5) is 8.65. The average Bonchev–Trinajstić information content (AvgIpc) is 2.89. The van der Waals surface area contributed by atoms with E-state index in [9.17, 15) is 5.11 Å². The summed E-state index contributed by atoms with van der Waals surface area (Å²) < 4.78 is 1.66. The molecule has 0 unspecified atom stereocenters. The van der Waals surface area contributed by atoms with E-state index < -0.39 is 0 Å². The van der Waals surface area contributed by atoms with Gasteiger partial charge in [-0.2, -0.15) is 0 Å². The maximum atomic E-state index is 9.94. The van der Waals surface area contributed by atoms with Gasteiger partial charge < -0.3 is 9.67 Å². The summed E-state index contributed by atoms with van der Waals surface area (Å²) in [6.45, 7) is 1.86. The molecule has 0 aliphatic carbocycles. The molecule has 0 saturated carbocycles. The van der Waals surface area contributed by atoms with E-state index in [2.05, 4.69) is 9.98 Å². The van der Waals surface area contributed by atoms with Crippen LogP contribution in [0.1, 0.15) is 17.1 Å². The normalized spacial score (nSPS) is 15.3. The number of imidazole rings is 1. The van der Waals surface area contributed by atoms with E-state index in [4.69, 9.17) is 0 Å². The summed E-state index contributed by atoms with van der Waals surface area (Å²) in [6, 6.07) is 7.92. The van der Waals surface area contributed by atoms with Gasteiger partial charge in [0.1, 0.15) is 11.5 Å². The molecule has 1 aromatic carbocycles. The lowest BCUT2D eigenvalue weighted by Gasteiger charge is -1.98. The Morgan fingerprint density at radius 3 is 2.78 bits per heavy atom. The zero-order chi connectivity index (χ0) is 12.7. The van der Waals surface area contributed by atoms with Crippen LogP contribution in [0, 0.1) is 6.92 Å². The minimum Gasteiger partial charge on any atom is -0.493 e.